The number of oxazole rings is 1. The normalized spacial score (nSPS) is 11.7. The number of hydrogen-bond acceptors (Lipinski definition) is 4. The average Bonchev–Trinajstić information content (AvgIpc) is 2.73. The topological polar surface area (TPSA) is 89.4 Å². The van der Waals surface area contributed by atoms with E-state index in [0.29, 0.717) is 6.42 Å². The molecule has 102 valence electrons. The number of hydrogen-bond donors (Lipinski definition) is 2. The van der Waals surface area contributed by atoms with Crippen LogP contribution in [0.3, 0.4) is 0 Å². The molecule has 0 bridgehead atoms. The zero-order valence-corrected chi connectivity index (χ0v) is 11.2. The zero-order chi connectivity index (χ0) is 13.1. The van der Waals surface area contributed by atoms with Crippen LogP contribution in [0.15, 0.2) is 34.7 Å². The van der Waals surface area contributed by atoms with Crippen LogP contribution in [-0.2, 0) is 6.42 Å². The molecule has 1 aromatic heterocycles. The van der Waals surface area contributed by atoms with Crippen molar-refractivity contribution < 1.29 is 14.3 Å². The molecule has 0 saturated carbocycles. The van der Waals surface area contributed by atoms with E-state index < -0.39 is 12.0 Å². The van der Waals surface area contributed by atoms with Crippen LogP contribution in [-0.4, -0.2) is 16.1 Å². The van der Waals surface area contributed by atoms with E-state index in [9.17, 15) is 4.79 Å². The number of carboxylic acid groups (broad SMARTS) is 1. The summed E-state index contributed by atoms with van der Waals surface area (Å²) in [6.45, 7) is 1.56. The first kappa shape index (κ1) is 15.2. The van der Waals surface area contributed by atoms with E-state index in [-0.39, 0.29) is 29.8 Å². The Hall–Kier alpha value is -1.85. The highest BCUT2D eigenvalue weighted by molar-refractivity contribution is 5.86. The second kappa shape index (κ2) is 6.36. The van der Waals surface area contributed by atoms with E-state index in [2.05, 4.69) is 4.98 Å². The summed E-state index contributed by atoms with van der Waals surface area (Å²) in [6, 6.07) is 9.23. The Morgan fingerprint density at radius 3 is 2.58 bits per heavy atom. The molecule has 2 aromatic rings. The minimum Gasteiger partial charge on any atom is -0.476 e. The Kier molecular flexibility index (Phi) is 5.09. The van der Waals surface area contributed by atoms with E-state index >= 15 is 0 Å². The maximum Gasteiger partial charge on any atom is 0.358 e. The van der Waals surface area contributed by atoms with Crippen molar-refractivity contribution >= 4 is 18.4 Å². The quantitative estimate of drug-likeness (QED) is 0.898. The van der Waals surface area contributed by atoms with Crippen LogP contribution in [0.1, 0.15) is 33.7 Å². The molecule has 0 saturated heterocycles. The average molecular weight is 283 g/mol. The SMILES string of the molecule is Cc1oc([C@@H](N)Cc2ccccc2)nc1C(=O)O.Cl. The molecule has 0 unspecified atom stereocenters. The fourth-order valence-electron chi connectivity index (χ4n) is 1.73. The van der Waals surface area contributed by atoms with Crippen molar-refractivity contribution in [1.82, 2.24) is 4.98 Å². The Morgan fingerprint density at radius 1 is 1.42 bits per heavy atom. The van der Waals surface area contributed by atoms with Gasteiger partial charge in [-0.25, -0.2) is 9.78 Å². The second-order valence-corrected chi connectivity index (χ2v) is 4.06. The predicted molar refractivity (Wildman–Crippen MR) is 72.5 cm³/mol. The molecule has 6 heteroatoms. The van der Waals surface area contributed by atoms with Crippen LogP contribution >= 0.6 is 12.4 Å². The standard InChI is InChI=1S/C13H14N2O3.ClH/c1-8-11(13(16)17)15-12(18-8)10(14)7-9-5-3-2-4-6-9;/h2-6,10H,7,14H2,1H3,(H,16,17);1H/t10-;/m0./s1. The van der Waals surface area contributed by atoms with Crippen LogP contribution < -0.4 is 5.73 Å². The number of carbonyl (C=O) groups is 1. The first-order chi connectivity index (χ1) is 8.58. The number of aromatic carboxylic acids is 1. The lowest BCUT2D eigenvalue weighted by Gasteiger charge is -2.06. The van der Waals surface area contributed by atoms with Crippen molar-refractivity contribution in [3.8, 4) is 0 Å². The molecule has 2 rings (SSSR count). The first-order valence-electron chi connectivity index (χ1n) is 5.58. The third-order valence-corrected chi connectivity index (χ3v) is 2.63. The van der Waals surface area contributed by atoms with Crippen molar-refractivity contribution in [3.63, 3.8) is 0 Å². The molecule has 1 aromatic carbocycles. The monoisotopic (exact) mass is 282 g/mol. The van der Waals surface area contributed by atoms with Crippen molar-refractivity contribution in [2.75, 3.05) is 0 Å². The minimum atomic E-state index is -1.10. The van der Waals surface area contributed by atoms with Crippen LogP contribution in [0.5, 0.6) is 0 Å². The molecule has 5 nitrogen and oxygen atoms in total. The lowest BCUT2D eigenvalue weighted by atomic mass is 10.1. The Balaban J connectivity index is 0.00000180. The zero-order valence-electron chi connectivity index (χ0n) is 10.4. The molecule has 0 aliphatic heterocycles. The van der Waals surface area contributed by atoms with Crippen LogP contribution in [0, 0.1) is 6.92 Å². The maximum atomic E-state index is 10.9. The third kappa shape index (κ3) is 3.56. The van der Waals surface area contributed by atoms with Gasteiger partial charge >= 0.3 is 5.97 Å². The summed E-state index contributed by atoms with van der Waals surface area (Å²) in [5, 5.41) is 8.89. The van der Waals surface area contributed by atoms with Gasteiger partial charge in [0, 0.05) is 0 Å². The van der Waals surface area contributed by atoms with Gasteiger partial charge in [-0.15, -0.1) is 12.4 Å². The molecular formula is C13H15ClN2O3. The summed E-state index contributed by atoms with van der Waals surface area (Å²) in [7, 11) is 0. The van der Waals surface area contributed by atoms with Gasteiger partial charge in [0.25, 0.3) is 0 Å². The summed E-state index contributed by atoms with van der Waals surface area (Å²) in [5.74, 6) is -0.566. The lowest BCUT2D eigenvalue weighted by molar-refractivity contribution is 0.0689. The molecule has 1 atom stereocenters. The molecule has 0 amide bonds. The van der Waals surface area contributed by atoms with Gasteiger partial charge in [0.2, 0.25) is 5.89 Å². The number of halogens is 1. The molecule has 1 heterocycles. The Morgan fingerprint density at radius 2 is 2.05 bits per heavy atom. The van der Waals surface area contributed by atoms with E-state index in [1.54, 1.807) is 6.92 Å². The number of carboxylic acids is 1. The molecule has 19 heavy (non-hydrogen) atoms. The molecular weight excluding hydrogens is 268 g/mol. The van der Waals surface area contributed by atoms with Gasteiger partial charge in [-0.2, -0.15) is 0 Å². The summed E-state index contributed by atoms with van der Waals surface area (Å²) < 4.78 is 5.29. The van der Waals surface area contributed by atoms with Crippen molar-refractivity contribution in [2.24, 2.45) is 5.73 Å². The summed E-state index contributed by atoms with van der Waals surface area (Å²) in [5.41, 5.74) is 6.94. The fourth-order valence-corrected chi connectivity index (χ4v) is 1.73. The predicted octanol–water partition coefficient (Wildman–Crippen LogP) is 2.35. The first-order valence-corrected chi connectivity index (χ1v) is 5.58. The number of nitrogens with zero attached hydrogens (tertiary/aromatic N) is 1. The highest BCUT2D eigenvalue weighted by Crippen LogP contribution is 2.18. The molecule has 0 aliphatic carbocycles. The van der Waals surface area contributed by atoms with Crippen LogP contribution in [0.25, 0.3) is 0 Å². The Labute approximate surface area is 116 Å². The van der Waals surface area contributed by atoms with E-state index in [4.69, 9.17) is 15.3 Å². The molecule has 3 N–H and O–H groups in total. The van der Waals surface area contributed by atoms with Gasteiger partial charge in [-0.1, -0.05) is 30.3 Å². The summed E-state index contributed by atoms with van der Waals surface area (Å²) >= 11 is 0. The number of aromatic nitrogens is 1. The maximum absolute atomic E-state index is 10.9. The van der Waals surface area contributed by atoms with Crippen molar-refractivity contribution in [3.05, 3.63) is 53.2 Å². The highest BCUT2D eigenvalue weighted by Gasteiger charge is 2.20. The van der Waals surface area contributed by atoms with Crippen LogP contribution in [0.2, 0.25) is 0 Å². The van der Waals surface area contributed by atoms with Crippen molar-refractivity contribution in [1.29, 1.82) is 0 Å². The highest BCUT2D eigenvalue weighted by atomic mass is 35.5. The molecule has 0 aliphatic rings. The number of aryl methyl sites for hydroxylation is 1. The van der Waals surface area contributed by atoms with Crippen molar-refractivity contribution in [2.45, 2.75) is 19.4 Å². The number of rotatable bonds is 4. The fraction of sp³-hybridized carbons (Fsp3) is 0.231. The van der Waals surface area contributed by atoms with E-state index in [0.717, 1.165) is 5.56 Å². The van der Waals surface area contributed by atoms with Gasteiger partial charge in [0.05, 0.1) is 6.04 Å². The second-order valence-electron chi connectivity index (χ2n) is 4.06. The summed E-state index contributed by atoms with van der Waals surface area (Å²) in [6.07, 6.45) is 0.555. The van der Waals surface area contributed by atoms with E-state index in [1.165, 1.54) is 0 Å². The Bertz CT molecular complexity index is 554. The lowest BCUT2D eigenvalue weighted by Crippen LogP contribution is -2.14. The van der Waals surface area contributed by atoms with Gasteiger partial charge in [0.1, 0.15) is 5.76 Å². The number of nitrogens with two attached hydrogens (primary N) is 1. The number of benzene rings is 1. The molecule has 0 spiro atoms. The van der Waals surface area contributed by atoms with Gasteiger partial charge in [0.15, 0.2) is 5.69 Å². The van der Waals surface area contributed by atoms with Gasteiger partial charge < -0.3 is 15.3 Å². The largest absolute Gasteiger partial charge is 0.476 e. The molecule has 0 fully saturated rings. The van der Waals surface area contributed by atoms with Gasteiger partial charge in [-0.3, -0.25) is 0 Å². The smallest absolute Gasteiger partial charge is 0.358 e. The molecule has 0 radical (unpaired) electrons. The van der Waals surface area contributed by atoms with E-state index in [1.807, 2.05) is 30.3 Å². The minimum absolute atomic E-state index is 0. The third-order valence-electron chi connectivity index (χ3n) is 2.63. The van der Waals surface area contributed by atoms with Crippen LogP contribution in [0.4, 0.5) is 0 Å². The summed E-state index contributed by atoms with van der Waals surface area (Å²) in [4.78, 5) is 14.8. The van der Waals surface area contributed by atoms with Gasteiger partial charge in [-0.05, 0) is 18.9 Å².